The lowest BCUT2D eigenvalue weighted by Gasteiger charge is -2.33. The van der Waals surface area contributed by atoms with Gasteiger partial charge in [0.05, 0.1) is 11.6 Å². The van der Waals surface area contributed by atoms with Crippen LogP contribution in [0.15, 0.2) is 0 Å². The quantitative estimate of drug-likeness (QED) is 0.856. The molecule has 1 aliphatic heterocycles. The van der Waals surface area contributed by atoms with Crippen molar-refractivity contribution in [2.75, 3.05) is 26.7 Å². The summed E-state index contributed by atoms with van der Waals surface area (Å²) in [5.74, 6) is 0.919. The molecule has 0 saturated carbocycles. The summed E-state index contributed by atoms with van der Waals surface area (Å²) in [6.45, 7) is 8.93. The van der Waals surface area contributed by atoms with Crippen molar-refractivity contribution in [3.8, 4) is 0 Å². The van der Waals surface area contributed by atoms with Gasteiger partial charge in [-0.1, -0.05) is 0 Å². The van der Waals surface area contributed by atoms with Gasteiger partial charge in [-0.3, -0.25) is 9.48 Å². The van der Waals surface area contributed by atoms with Gasteiger partial charge < -0.3 is 10.2 Å². The van der Waals surface area contributed by atoms with E-state index in [1.54, 1.807) is 0 Å². The molecule has 0 radical (unpaired) electrons. The second kappa shape index (κ2) is 10.3. The summed E-state index contributed by atoms with van der Waals surface area (Å²) in [7, 11) is 3.94. The van der Waals surface area contributed by atoms with E-state index in [1.807, 2.05) is 44.4 Å². The first-order chi connectivity index (χ1) is 10.5. The molecule has 1 amide bonds. The van der Waals surface area contributed by atoms with Crippen molar-refractivity contribution in [2.45, 2.75) is 46.0 Å². The number of piperidine rings is 1. The minimum absolute atomic E-state index is 0. The van der Waals surface area contributed by atoms with Crippen molar-refractivity contribution < 1.29 is 4.79 Å². The molecule has 2 rings (SSSR count). The summed E-state index contributed by atoms with van der Waals surface area (Å²) in [4.78, 5) is 14.9. The number of hydrogen-bond donors (Lipinski definition) is 1. The van der Waals surface area contributed by atoms with Gasteiger partial charge in [-0.05, 0) is 59.5 Å². The van der Waals surface area contributed by atoms with Crippen molar-refractivity contribution in [2.24, 2.45) is 13.0 Å². The zero-order valence-corrected chi connectivity index (χ0v) is 17.1. The number of amides is 1. The minimum Gasteiger partial charge on any atom is -0.342 e. The number of hydrogen-bond acceptors (Lipinski definition) is 3. The van der Waals surface area contributed by atoms with Crippen LogP contribution in [0.5, 0.6) is 0 Å². The molecular weight excluding hydrogens is 347 g/mol. The average molecular weight is 379 g/mol. The van der Waals surface area contributed by atoms with Gasteiger partial charge in [-0.25, -0.2) is 0 Å². The topological polar surface area (TPSA) is 50.2 Å². The molecule has 5 nitrogen and oxygen atoms in total. The maximum absolute atomic E-state index is 12.8. The molecule has 1 atom stereocenters. The monoisotopic (exact) mass is 378 g/mol. The Morgan fingerprint density at radius 2 is 1.88 bits per heavy atom. The van der Waals surface area contributed by atoms with E-state index >= 15 is 0 Å². The number of likely N-dealkylation sites (tertiary alicyclic amines) is 1. The third kappa shape index (κ3) is 5.11. The number of nitrogens with one attached hydrogen (secondary N) is 1. The van der Waals surface area contributed by atoms with Crippen LogP contribution in [0.3, 0.4) is 0 Å². The Labute approximate surface area is 158 Å². The zero-order chi connectivity index (χ0) is 16.3. The molecule has 0 aromatic carbocycles. The van der Waals surface area contributed by atoms with Crippen molar-refractivity contribution in [3.63, 3.8) is 0 Å². The predicted octanol–water partition coefficient (Wildman–Crippen LogP) is 2.83. The van der Waals surface area contributed by atoms with Gasteiger partial charge >= 0.3 is 0 Å². The molecule has 24 heavy (non-hydrogen) atoms. The maximum Gasteiger partial charge on any atom is 0.229 e. The molecule has 1 aromatic rings. The van der Waals surface area contributed by atoms with Crippen molar-refractivity contribution in [3.05, 3.63) is 17.0 Å². The van der Waals surface area contributed by atoms with E-state index in [0.29, 0.717) is 0 Å². The molecular formula is C17H32Cl2N4O. The molecule has 1 unspecified atom stereocenters. The molecule has 0 aliphatic carbocycles. The molecule has 0 bridgehead atoms. The van der Waals surface area contributed by atoms with Crippen LogP contribution in [0.2, 0.25) is 0 Å². The van der Waals surface area contributed by atoms with Crippen LogP contribution in [-0.2, 0) is 11.8 Å². The number of aromatic nitrogens is 2. The number of nitrogens with zero attached hydrogens (tertiary/aromatic N) is 3. The highest BCUT2D eigenvalue weighted by Crippen LogP contribution is 2.27. The van der Waals surface area contributed by atoms with Crippen LogP contribution in [0.4, 0.5) is 0 Å². The zero-order valence-electron chi connectivity index (χ0n) is 15.5. The van der Waals surface area contributed by atoms with Crippen molar-refractivity contribution in [1.29, 1.82) is 0 Å². The second-order valence-electron chi connectivity index (χ2n) is 6.59. The lowest BCUT2D eigenvalue weighted by molar-refractivity contribution is -0.133. The van der Waals surface area contributed by atoms with E-state index in [1.165, 1.54) is 6.42 Å². The largest absolute Gasteiger partial charge is 0.342 e. The molecule has 1 aliphatic rings. The highest BCUT2D eigenvalue weighted by molar-refractivity contribution is 5.85. The molecule has 1 fully saturated rings. The summed E-state index contributed by atoms with van der Waals surface area (Å²) in [6, 6.07) is 0. The van der Waals surface area contributed by atoms with Crippen LogP contribution in [0, 0.1) is 19.8 Å². The first-order valence-corrected chi connectivity index (χ1v) is 8.39. The summed E-state index contributed by atoms with van der Waals surface area (Å²) in [5, 5.41) is 7.66. The Hall–Kier alpha value is -0.780. The number of carbonyl (C=O) groups excluding carboxylic acids is 1. The van der Waals surface area contributed by atoms with E-state index in [9.17, 15) is 4.79 Å². The Morgan fingerprint density at radius 3 is 2.33 bits per heavy atom. The molecule has 2 heterocycles. The summed E-state index contributed by atoms with van der Waals surface area (Å²) in [5.41, 5.74) is 3.18. The second-order valence-corrected chi connectivity index (χ2v) is 6.59. The van der Waals surface area contributed by atoms with Gasteiger partial charge in [0.15, 0.2) is 0 Å². The van der Waals surface area contributed by atoms with Gasteiger partial charge in [0.25, 0.3) is 0 Å². The number of carbonyl (C=O) groups is 1. The number of halogens is 2. The third-order valence-electron chi connectivity index (χ3n) is 5.10. The summed E-state index contributed by atoms with van der Waals surface area (Å²) < 4.78 is 1.87. The molecule has 7 heteroatoms. The molecule has 1 aromatic heterocycles. The first kappa shape index (κ1) is 23.2. The Balaban J connectivity index is 0.00000264. The standard InChI is InChI=1S/C17H30N4O.2ClH/c1-12(16-13(2)19-20(5)14(16)3)17(22)21-10-7-15(8-11-21)6-9-18-4;;/h12,15,18H,6-11H2,1-5H3;2*1H. The van der Waals surface area contributed by atoms with Gasteiger partial charge in [-0.2, -0.15) is 5.10 Å². The van der Waals surface area contributed by atoms with Crippen molar-refractivity contribution >= 4 is 30.7 Å². The highest BCUT2D eigenvalue weighted by atomic mass is 35.5. The fourth-order valence-corrected chi connectivity index (χ4v) is 3.60. The molecule has 1 N–H and O–H groups in total. The lowest BCUT2D eigenvalue weighted by atomic mass is 9.91. The van der Waals surface area contributed by atoms with E-state index in [4.69, 9.17) is 0 Å². The van der Waals surface area contributed by atoms with Crippen molar-refractivity contribution in [1.82, 2.24) is 20.0 Å². The van der Waals surface area contributed by atoms with E-state index < -0.39 is 0 Å². The van der Waals surface area contributed by atoms with Crippen LogP contribution in [-0.4, -0.2) is 47.3 Å². The van der Waals surface area contributed by atoms with Gasteiger partial charge in [-0.15, -0.1) is 24.8 Å². The molecule has 0 spiro atoms. The van der Waals surface area contributed by atoms with E-state index in [-0.39, 0.29) is 36.6 Å². The van der Waals surface area contributed by atoms with E-state index in [2.05, 4.69) is 10.4 Å². The van der Waals surface area contributed by atoms with Gasteiger partial charge in [0, 0.05) is 31.4 Å². The maximum atomic E-state index is 12.8. The molecule has 140 valence electrons. The van der Waals surface area contributed by atoms with Gasteiger partial charge in [0.1, 0.15) is 0 Å². The fraction of sp³-hybridized carbons (Fsp3) is 0.765. The Kier molecular flexibility index (Phi) is 9.93. The molecule has 1 saturated heterocycles. The number of rotatable bonds is 5. The Morgan fingerprint density at radius 1 is 1.29 bits per heavy atom. The first-order valence-electron chi connectivity index (χ1n) is 8.39. The smallest absolute Gasteiger partial charge is 0.229 e. The van der Waals surface area contributed by atoms with E-state index in [0.717, 1.165) is 55.3 Å². The van der Waals surface area contributed by atoms with Crippen LogP contribution in [0.1, 0.15) is 49.1 Å². The van der Waals surface area contributed by atoms with Gasteiger partial charge in [0.2, 0.25) is 5.91 Å². The van der Waals surface area contributed by atoms with Crippen LogP contribution < -0.4 is 5.32 Å². The number of aryl methyl sites for hydroxylation is 2. The normalized spacial score (nSPS) is 16.3. The third-order valence-corrected chi connectivity index (χ3v) is 5.10. The Bertz CT molecular complexity index is 525. The predicted molar refractivity (Wildman–Crippen MR) is 103 cm³/mol. The van der Waals surface area contributed by atoms with Crippen LogP contribution >= 0.6 is 24.8 Å². The average Bonchev–Trinajstić information content (AvgIpc) is 2.77. The fourth-order valence-electron chi connectivity index (χ4n) is 3.60. The lowest BCUT2D eigenvalue weighted by Crippen LogP contribution is -2.41. The highest BCUT2D eigenvalue weighted by Gasteiger charge is 2.29. The SMILES string of the molecule is CNCCC1CCN(C(=O)C(C)c2c(C)nn(C)c2C)CC1.Cl.Cl. The minimum atomic E-state index is -0.0949. The summed E-state index contributed by atoms with van der Waals surface area (Å²) in [6.07, 6.45) is 3.48. The summed E-state index contributed by atoms with van der Waals surface area (Å²) >= 11 is 0. The van der Waals surface area contributed by atoms with Crippen LogP contribution in [0.25, 0.3) is 0 Å².